The third-order valence-corrected chi connectivity index (χ3v) is 13.0. The van der Waals surface area contributed by atoms with E-state index in [4.69, 9.17) is 23.7 Å². The van der Waals surface area contributed by atoms with Gasteiger partial charge in [0.15, 0.2) is 0 Å². The van der Waals surface area contributed by atoms with Gasteiger partial charge in [0.05, 0.1) is 52.9 Å². The molecule has 5 nitrogen and oxygen atoms in total. The van der Waals surface area contributed by atoms with Crippen LogP contribution in [0.1, 0.15) is 216 Å². The lowest BCUT2D eigenvalue weighted by atomic mass is 9.73. The van der Waals surface area contributed by atoms with E-state index < -0.39 is 0 Å². The Balaban J connectivity index is 6.55. The van der Waals surface area contributed by atoms with Gasteiger partial charge in [0.1, 0.15) is 12.2 Å². The van der Waals surface area contributed by atoms with Crippen LogP contribution in [0.3, 0.4) is 0 Å². The van der Waals surface area contributed by atoms with Crippen LogP contribution < -0.4 is 0 Å². The van der Waals surface area contributed by atoms with Crippen LogP contribution in [-0.4, -0.2) is 65.1 Å². The molecule has 0 saturated carbocycles. The molecule has 356 valence electrons. The second-order valence-corrected chi connectivity index (χ2v) is 23.6. The topological polar surface area (TPSA) is 46.2 Å². The molecule has 0 amide bonds. The van der Waals surface area contributed by atoms with E-state index in [1.165, 1.54) is 51.4 Å². The van der Waals surface area contributed by atoms with E-state index in [0.29, 0.717) is 73.8 Å². The van der Waals surface area contributed by atoms with E-state index in [0.717, 1.165) is 52.1 Å². The quantitative estimate of drug-likeness (QED) is 0.0620. The van der Waals surface area contributed by atoms with Gasteiger partial charge in [-0.3, -0.25) is 0 Å². The lowest BCUT2D eigenvalue weighted by Crippen LogP contribution is -2.39. The lowest BCUT2D eigenvalue weighted by Gasteiger charge is -2.39. The molecule has 59 heavy (non-hydrogen) atoms. The maximum absolute atomic E-state index is 7.00. The van der Waals surface area contributed by atoms with Gasteiger partial charge in [0.2, 0.25) is 0 Å². The molecule has 0 spiro atoms. The fourth-order valence-electron chi connectivity index (χ4n) is 11.3. The van der Waals surface area contributed by atoms with Gasteiger partial charge in [-0.25, -0.2) is 0 Å². The van der Waals surface area contributed by atoms with Gasteiger partial charge in [-0.05, 0) is 146 Å². The van der Waals surface area contributed by atoms with Gasteiger partial charge in [-0.15, -0.1) is 0 Å². The van der Waals surface area contributed by atoms with Crippen LogP contribution >= 0.6 is 0 Å². The van der Waals surface area contributed by atoms with Gasteiger partial charge in [-0.2, -0.15) is 0 Å². The fraction of sp³-hybridized carbons (Fsp3) is 1.00. The molecular formula is C54H110O5. The van der Waals surface area contributed by atoms with Crippen LogP contribution in [0.2, 0.25) is 0 Å². The van der Waals surface area contributed by atoms with Crippen molar-refractivity contribution in [2.75, 3.05) is 52.9 Å². The highest BCUT2D eigenvalue weighted by molar-refractivity contribution is 4.85. The molecule has 0 aromatic carbocycles. The van der Waals surface area contributed by atoms with Gasteiger partial charge < -0.3 is 23.7 Å². The highest BCUT2D eigenvalue weighted by atomic mass is 16.6. The van der Waals surface area contributed by atoms with Crippen LogP contribution in [0.15, 0.2) is 0 Å². The van der Waals surface area contributed by atoms with Crippen molar-refractivity contribution < 1.29 is 23.7 Å². The summed E-state index contributed by atoms with van der Waals surface area (Å²) in [5.41, 5.74) is 0.666. The van der Waals surface area contributed by atoms with Gasteiger partial charge >= 0.3 is 0 Å². The molecule has 2 atom stereocenters. The van der Waals surface area contributed by atoms with Crippen molar-refractivity contribution >= 4 is 0 Å². The zero-order chi connectivity index (χ0) is 45.5. The van der Waals surface area contributed by atoms with Crippen molar-refractivity contribution in [3.63, 3.8) is 0 Å². The van der Waals surface area contributed by atoms with E-state index in [1.54, 1.807) is 0 Å². The molecule has 0 rings (SSSR count). The molecule has 0 N–H and O–H groups in total. The van der Waals surface area contributed by atoms with E-state index >= 15 is 0 Å². The van der Waals surface area contributed by atoms with Crippen molar-refractivity contribution in [1.82, 2.24) is 0 Å². The maximum Gasteiger partial charge on any atom is 0.104 e. The largest absolute Gasteiger partial charge is 0.378 e. The highest BCUT2D eigenvalue weighted by Gasteiger charge is 2.36. The zero-order valence-electron chi connectivity index (χ0n) is 44.0. The second-order valence-electron chi connectivity index (χ2n) is 23.6. The summed E-state index contributed by atoms with van der Waals surface area (Å²) in [5.74, 6) is 5.01. The Bertz CT molecular complexity index is 879. The summed E-state index contributed by atoms with van der Waals surface area (Å²) in [5, 5.41) is 0. The molecule has 5 heteroatoms. The first-order chi connectivity index (χ1) is 27.4. The average Bonchev–Trinajstić information content (AvgIpc) is 3.09. The number of hydrogen-bond acceptors (Lipinski definition) is 5. The van der Waals surface area contributed by atoms with Crippen molar-refractivity contribution in [2.45, 2.75) is 228 Å². The van der Waals surface area contributed by atoms with Gasteiger partial charge in [0, 0.05) is 0 Å². The molecule has 0 radical (unpaired) electrons. The molecule has 2 unspecified atom stereocenters. The summed E-state index contributed by atoms with van der Waals surface area (Å²) in [6.07, 6.45) is 13.6. The van der Waals surface area contributed by atoms with Crippen LogP contribution in [-0.2, 0) is 23.7 Å². The summed E-state index contributed by atoms with van der Waals surface area (Å²) in [7, 11) is 0. The van der Waals surface area contributed by atoms with Crippen LogP contribution in [0, 0.1) is 69.0 Å². The molecule has 0 bridgehead atoms. The van der Waals surface area contributed by atoms with Crippen molar-refractivity contribution in [3.8, 4) is 0 Å². The Labute approximate surface area is 372 Å². The minimum atomic E-state index is -0.143. The van der Waals surface area contributed by atoms with Gasteiger partial charge in [0.25, 0.3) is 0 Å². The standard InChI is InChI=1S/C54H110O5/c1-21-51(25-41(5)6,26-42(7)8)37-56-35-49(58-39-53(23-3,29-45(13)14)30-46(15)16)33-55-34-50(59-40-54(24-4,31-47(17)18)32-48(19)20)36-57-38-52(22-2,27-43(9)10)28-44(11)12/h41-50H,21-40H2,1-20H3. The number of ether oxygens (including phenoxy) is 5. The van der Waals surface area contributed by atoms with E-state index in [1.807, 2.05) is 0 Å². The summed E-state index contributed by atoms with van der Waals surface area (Å²) in [4.78, 5) is 0. The zero-order valence-corrected chi connectivity index (χ0v) is 44.0. The van der Waals surface area contributed by atoms with E-state index in [-0.39, 0.29) is 33.9 Å². The SMILES string of the molecule is CCC(COCC(COCC(COCC(CC)(CC(C)C)CC(C)C)OCC(CC)(CC(C)C)CC(C)C)OCC(CC)(CC(C)C)CC(C)C)(CC(C)C)CC(C)C. The molecule has 0 aromatic heterocycles. The minimum Gasteiger partial charge on any atom is -0.378 e. The van der Waals surface area contributed by atoms with Crippen LogP contribution in [0.4, 0.5) is 0 Å². The van der Waals surface area contributed by atoms with Crippen LogP contribution in [0.25, 0.3) is 0 Å². The summed E-state index contributed by atoms with van der Waals surface area (Å²) < 4.78 is 34.3. The Morgan fingerprint density at radius 1 is 0.271 bits per heavy atom. The fourth-order valence-corrected chi connectivity index (χ4v) is 11.3. The third-order valence-electron chi connectivity index (χ3n) is 13.0. The molecule has 0 fully saturated rings. The Kier molecular flexibility index (Phi) is 29.9. The van der Waals surface area contributed by atoms with E-state index in [2.05, 4.69) is 138 Å². The maximum atomic E-state index is 7.00. The first-order valence-electron chi connectivity index (χ1n) is 25.4. The summed E-state index contributed by atoms with van der Waals surface area (Å²) in [6.45, 7) is 52.2. The Hall–Kier alpha value is -0.200. The third kappa shape index (κ3) is 25.6. The predicted molar refractivity (Wildman–Crippen MR) is 258 cm³/mol. The van der Waals surface area contributed by atoms with Gasteiger partial charge in [-0.1, -0.05) is 138 Å². The van der Waals surface area contributed by atoms with Crippen molar-refractivity contribution in [1.29, 1.82) is 0 Å². The predicted octanol–water partition coefficient (Wildman–Crippen LogP) is 15.8. The Morgan fingerprint density at radius 3 is 0.644 bits per heavy atom. The lowest BCUT2D eigenvalue weighted by molar-refractivity contribution is -0.130. The molecule has 0 aliphatic carbocycles. The number of hydrogen-bond donors (Lipinski definition) is 0. The summed E-state index contributed by atoms with van der Waals surface area (Å²) >= 11 is 0. The number of rotatable bonds is 38. The first-order valence-corrected chi connectivity index (χ1v) is 25.4. The molecule has 0 aliphatic rings. The molecule has 0 heterocycles. The molecule has 0 saturated heterocycles. The molecular weight excluding hydrogens is 729 g/mol. The monoisotopic (exact) mass is 839 g/mol. The Morgan fingerprint density at radius 2 is 0.458 bits per heavy atom. The molecule has 0 aromatic rings. The first kappa shape index (κ1) is 58.8. The van der Waals surface area contributed by atoms with Crippen LogP contribution in [0.5, 0.6) is 0 Å². The van der Waals surface area contributed by atoms with Crippen molar-refractivity contribution in [2.24, 2.45) is 69.0 Å². The molecule has 0 aliphatic heterocycles. The second kappa shape index (κ2) is 30.0. The summed E-state index contributed by atoms with van der Waals surface area (Å²) in [6, 6.07) is 0. The average molecular weight is 839 g/mol. The highest BCUT2D eigenvalue weighted by Crippen LogP contribution is 2.41. The smallest absolute Gasteiger partial charge is 0.104 e. The minimum absolute atomic E-state index is 0.143. The normalized spacial score (nSPS) is 14.8. The van der Waals surface area contributed by atoms with Crippen molar-refractivity contribution in [3.05, 3.63) is 0 Å². The van der Waals surface area contributed by atoms with E-state index in [9.17, 15) is 0 Å².